The number of carboxylic acids is 1. The predicted molar refractivity (Wildman–Crippen MR) is 133 cm³/mol. The topological polar surface area (TPSA) is 94.1 Å². The summed E-state index contributed by atoms with van der Waals surface area (Å²) in [7, 11) is 0. The minimum Gasteiger partial charge on any atom is -0.489 e. The van der Waals surface area contributed by atoms with E-state index in [-0.39, 0.29) is 18.4 Å². The third-order valence-electron chi connectivity index (χ3n) is 5.58. The van der Waals surface area contributed by atoms with Gasteiger partial charge in [-0.3, -0.25) is 9.59 Å². The Balaban J connectivity index is 1.43. The number of carbonyl (C=O) groups excluding carboxylic acids is 1. The molecule has 0 aliphatic carbocycles. The molecule has 0 unspecified atom stereocenters. The number of aryl methyl sites for hydroxylation is 3. The van der Waals surface area contributed by atoms with Gasteiger partial charge in [0.05, 0.1) is 6.42 Å². The van der Waals surface area contributed by atoms with Crippen LogP contribution in [0.25, 0.3) is 0 Å². The van der Waals surface area contributed by atoms with Crippen LogP contribution in [0.4, 0.5) is 5.69 Å². The van der Waals surface area contributed by atoms with Crippen molar-refractivity contribution in [1.29, 1.82) is 0 Å². The average molecular weight is 496 g/mol. The zero-order chi connectivity index (χ0) is 25.1. The van der Waals surface area contributed by atoms with E-state index in [1.807, 2.05) is 45.0 Å². The van der Waals surface area contributed by atoms with Crippen molar-refractivity contribution in [3.63, 3.8) is 0 Å². The first-order valence-electron chi connectivity index (χ1n) is 11.1. The molecule has 0 bridgehead atoms. The standard InChI is InChI=1S/C27H26ClNO6/c1-15-4-5-23-25(6-15)35-21(13-33-23)14-34-24-8-16(2)22(7-17(24)3)27(32)29-20-10-18(11-26(30)31)9-19(28)12-20/h4-10,12,21H,11,13-14H2,1-3H3,(H,29,32)(H,30,31)/t21-/m0/s1. The Hall–Kier alpha value is -3.71. The highest BCUT2D eigenvalue weighted by molar-refractivity contribution is 6.31. The summed E-state index contributed by atoms with van der Waals surface area (Å²) in [4.78, 5) is 24.0. The number of carboxylic acid groups (broad SMARTS) is 1. The van der Waals surface area contributed by atoms with E-state index in [2.05, 4.69) is 5.32 Å². The monoisotopic (exact) mass is 495 g/mol. The first-order chi connectivity index (χ1) is 16.7. The second-order valence-corrected chi connectivity index (χ2v) is 9.05. The number of amides is 1. The summed E-state index contributed by atoms with van der Waals surface area (Å²) >= 11 is 6.09. The Kier molecular flexibility index (Phi) is 7.17. The fraction of sp³-hybridized carbons (Fsp3) is 0.259. The Bertz CT molecular complexity index is 1290. The fourth-order valence-corrected chi connectivity index (χ4v) is 4.13. The Morgan fingerprint density at radius 1 is 1.06 bits per heavy atom. The van der Waals surface area contributed by atoms with Crippen LogP contribution in [0, 0.1) is 20.8 Å². The van der Waals surface area contributed by atoms with Gasteiger partial charge in [-0.05, 0) is 85.5 Å². The Labute approximate surface area is 208 Å². The minimum atomic E-state index is -0.976. The van der Waals surface area contributed by atoms with E-state index < -0.39 is 5.97 Å². The summed E-state index contributed by atoms with van der Waals surface area (Å²) in [5.74, 6) is 0.790. The van der Waals surface area contributed by atoms with Crippen LogP contribution in [-0.2, 0) is 11.2 Å². The largest absolute Gasteiger partial charge is 0.489 e. The maximum atomic E-state index is 12.9. The number of ether oxygens (including phenoxy) is 3. The molecule has 0 spiro atoms. The predicted octanol–water partition coefficient (Wildman–Crippen LogP) is 5.36. The second kappa shape index (κ2) is 10.3. The van der Waals surface area contributed by atoms with Gasteiger partial charge in [0.1, 0.15) is 19.0 Å². The van der Waals surface area contributed by atoms with E-state index in [1.54, 1.807) is 24.3 Å². The number of rotatable bonds is 7. The molecule has 1 aliphatic rings. The van der Waals surface area contributed by atoms with Gasteiger partial charge in [0, 0.05) is 16.3 Å². The molecule has 1 heterocycles. The molecule has 1 atom stereocenters. The maximum absolute atomic E-state index is 12.9. The smallest absolute Gasteiger partial charge is 0.307 e. The Morgan fingerprint density at radius 3 is 2.63 bits per heavy atom. The highest BCUT2D eigenvalue weighted by Crippen LogP contribution is 2.33. The molecule has 0 aromatic heterocycles. The van der Waals surface area contributed by atoms with Gasteiger partial charge < -0.3 is 24.6 Å². The zero-order valence-corrected chi connectivity index (χ0v) is 20.4. The van der Waals surface area contributed by atoms with E-state index in [0.29, 0.717) is 46.5 Å². The molecule has 35 heavy (non-hydrogen) atoms. The molecule has 0 fully saturated rings. The van der Waals surface area contributed by atoms with Crippen molar-refractivity contribution in [3.8, 4) is 17.2 Å². The third kappa shape index (κ3) is 6.05. The van der Waals surface area contributed by atoms with Crippen molar-refractivity contribution < 1.29 is 28.9 Å². The summed E-state index contributed by atoms with van der Waals surface area (Å²) in [6, 6.07) is 14.1. The van der Waals surface area contributed by atoms with Crippen molar-refractivity contribution >= 4 is 29.2 Å². The summed E-state index contributed by atoms with van der Waals surface area (Å²) in [5, 5.41) is 12.2. The number of benzene rings is 3. The molecule has 7 nitrogen and oxygen atoms in total. The van der Waals surface area contributed by atoms with Crippen LogP contribution < -0.4 is 19.5 Å². The molecule has 3 aromatic carbocycles. The molecule has 4 rings (SSSR count). The third-order valence-corrected chi connectivity index (χ3v) is 5.80. The lowest BCUT2D eigenvalue weighted by molar-refractivity contribution is -0.136. The molecule has 0 radical (unpaired) electrons. The van der Waals surface area contributed by atoms with Gasteiger partial charge in [0.15, 0.2) is 17.6 Å². The number of carbonyl (C=O) groups is 2. The van der Waals surface area contributed by atoms with Gasteiger partial charge in [0.2, 0.25) is 0 Å². The number of hydrogen-bond donors (Lipinski definition) is 2. The zero-order valence-electron chi connectivity index (χ0n) is 19.7. The van der Waals surface area contributed by atoms with Crippen molar-refractivity contribution in [3.05, 3.63) is 81.4 Å². The van der Waals surface area contributed by atoms with E-state index in [9.17, 15) is 9.59 Å². The normalized spacial score (nSPS) is 14.3. The summed E-state index contributed by atoms with van der Waals surface area (Å²) in [5.41, 5.74) is 4.04. The van der Waals surface area contributed by atoms with Crippen LogP contribution in [0.15, 0.2) is 48.5 Å². The maximum Gasteiger partial charge on any atom is 0.307 e. The molecule has 0 saturated carbocycles. The van der Waals surface area contributed by atoms with E-state index in [4.69, 9.17) is 30.9 Å². The number of nitrogens with one attached hydrogen (secondary N) is 1. The molecule has 8 heteroatoms. The second-order valence-electron chi connectivity index (χ2n) is 8.62. The number of hydrogen-bond acceptors (Lipinski definition) is 5. The number of anilines is 1. The van der Waals surface area contributed by atoms with Crippen molar-refractivity contribution in [2.24, 2.45) is 0 Å². The van der Waals surface area contributed by atoms with E-state index in [1.165, 1.54) is 0 Å². The number of halogens is 1. The number of fused-ring (bicyclic) bond motifs is 1. The van der Waals surface area contributed by atoms with Gasteiger partial charge >= 0.3 is 5.97 Å². The quantitative estimate of drug-likeness (QED) is 0.458. The lowest BCUT2D eigenvalue weighted by atomic mass is 10.0. The fourth-order valence-electron chi connectivity index (χ4n) is 3.88. The number of aliphatic carboxylic acids is 1. The van der Waals surface area contributed by atoms with Crippen molar-refractivity contribution in [1.82, 2.24) is 0 Å². The lowest BCUT2D eigenvalue weighted by Gasteiger charge is -2.27. The minimum absolute atomic E-state index is 0.186. The first-order valence-corrected chi connectivity index (χ1v) is 11.5. The lowest BCUT2D eigenvalue weighted by Crippen LogP contribution is -2.34. The average Bonchev–Trinajstić information content (AvgIpc) is 2.78. The summed E-state index contributed by atoms with van der Waals surface area (Å²) < 4.78 is 17.8. The highest BCUT2D eigenvalue weighted by Gasteiger charge is 2.22. The van der Waals surface area contributed by atoms with Crippen LogP contribution in [0.1, 0.15) is 32.6 Å². The van der Waals surface area contributed by atoms with Crippen LogP contribution in [0.2, 0.25) is 5.02 Å². The SMILES string of the molecule is Cc1ccc2c(c1)O[C@H](COc1cc(C)c(C(=O)Nc3cc(Cl)cc(CC(=O)O)c3)cc1C)CO2. The molecule has 2 N–H and O–H groups in total. The molecule has 1 aliphatic heterocycles. The molecule has 0 saturated heterocycles. The molecular formula is C27H26ClNO6. The van der Waals surface area contributed by atoms with Gasteiger partial charge in [-0.25, -0.2) is 0 Å². The van der Waals surface area contributed by atoms with Gasteiger partial charge in [-0.2, -0.15) is 0 Å². The molecular weight excluding hydrogens is 470 g/mol. The van der Waals surface area contributed by atoms with E-state index >= 15 is 0 Å². The van der Waals surface area contributed by atoms with Crippen molar-refractivity contribution in [2.45, 2.75) is 33.3 Å². The molecule has 1 amide bonds. The first kappa shape index (κ1) is 24.4. The van der Waals surface area contributed by atoms with Crippen LogP contribution in [-0.4, -0.2) is 36.3 Å². The van der Waals surface area contributed by atoms with Crippen LogP contribution in [0.5, 0.6) is 17.2 Å². The van der Waals surface area contributed by atoms with E-state index in [0.717, 1.165) is 22.4 Å². The van der Waals surface area contributed by atoms with Crippen molar-refractivity contribution in [2.75, 3.05) is 18.5 Å². The Morgan fingerprint density at radius 2 is 1.86 bits per heavy atom. The van der Waals surface area contributed by atoms with Crippen LogP contribution >= 0.6 is 11.6 Å². The van der Waals surface area contributed by atoms with Gasteiger partial charge in [-0.15, -0.1) is 0 Å². The highest BCUT2D eigenvalue weighted by atomic mass is 35.5. The summed E-state index contributed by atoms with van der Waals surface area (Å²) in [6.07, 6.45) is -0.441. The summed E-state index contributed by atoms with van der Waals surface area (Å²) in [6.45, 7) is 6.38. The van der Waals surface area contributed by atoms with Gasteiger partial charge in [-0.1, -0.05) is 17.7 Å². The van der Waals surface area contributed by atoms with Gasteiger partial charge in [0.25, 0.3) is 5.91 Å². The molecule has 182 valence electrons. The van der Waals surface area contributed by atoms with Crippen LogP contribution in [0.3, 0.4) is 0 Å². The molecule has 3 aromatic rings.